The van der Waals surface area contributed by atoms with Gasteiger partial charge in [-0.15, -0.1) is 12.4 Å². The number of halogens is 1. The van der Waals surface area contributed by atoms with Crippen molar-refractivity contribution in [3.63, 3.8) is 0 Å². The van der Waals surface area contributed by atoms with Crippen molar-refractivity contribution in [2.75, 3.05) is 13.1 Å². The average molecular weight is 325 g/mol. The molecule has 2 atom stereocenters. The molecule has 1 saturated heterocycles. The van der Waals surface area contributed by atoms with Crippen LogP contribution in [0.3, 0.4) is 0 Å². The molecule has 1 aliphatic heterocycles. The van der Waals surface area contributed by atoms with Gasteiger partial charge in [-0.2, -0.15) is 0 Å². The third-order valence-electron chi connectivity index (χ3n) is 4.27. The van der Waals surface area contributed by atoms with E-state index in [0.717, 1.165) is 19.5 Å². The molecule has 124 valence electrons. The van der Waals surface area contributed by atoms with Crippen molar-refractivity contribution in [2.45, 2.75) is 40.2 Å². The molecular weight excluding hydrogens is 296 g/mol. The van der Waals surface area contributed by atoms with Gasteiger partial charge in [-0.25, -0.2) is 0 Å². The van der Waals surface area contributed by atoms with E-state index in [1.165, 1.54) is 5.56 Å². The molecule has 0 aromatic heterocycles. The van der Waals surface area contributed by atoms with Crippen LogP contribution in [0.2, 0.25) is 0 Å². The first kappa shape index (κ1) is 19.0. The molecule has 0 saturated carbocycles. The summed E-state index contributed by atoms with van der Waals surface area (Å²) in [6.45, 7) is 10.6. The summed E-state index contributed by atoms with van der Waals surface area (Å²) in [6, 6.07) is 10.4. The summed E-state index contributed by atoms with van der Waals surface area (Å²) in [6.07, 6.45) is 0.943. The van der Waals surface area contributed by atoms with Crippen molar-refractivity contribution < 1.29 is 4.79 Å². The number of rotatable bonds is 5. The van der Waals surface area contributed by atoms with Gasteiger partial charge in [0.25, 0.3) is 0 Å². The van der Waals surface area contributed by atoms with Gasteiger partial charge in [0.05, 0.1) is 6.04 Å². The Balaban J connectivity index is 0.00000242. The molecule has 4 heteroatoms. The number of hydrogen-bond acceptors (Lipinski definition) is 2. The summed E-state index contributed by atoms with van der Waals surface area (Å²) in [7, 11) is 0. The third kappa shape index (κ3) is 5.29. The Labute approximate surface area is 140 Å². The summed E-state index contributed by atoms with van der Waals surface area (Å²) in [4.78, 5) is 12.5. The zero-order valence-electron chi connectivity index (χ0n) is 14.1. The van der Waals surface area contributed by atoms with E-state index in [4.69, 9.17) is 0 Å². The van der Waals surface area contributed by atoms with Crippen LogP contribution in [0, 0.1) is 17.3 Å². The van der Waals surface area contributed by atoms with Crippen LogP contribution < -0.4 is 10.6 Å². The molecule has 1 aromatic rings. The minimum absolute atomic E-state index is 0. The Kier molecular flexibility index (Phi) is 6.89. The van der Waals surface area contributed by atoms with Crippen LogP contribution in [0.25, 0.3) is 0 Å². The molecule has 1 amide bonds. The van der Waals surface area contributed by atoms with E-state index in [1.54, 1.807) is 0 Å². The normalized spacial score (nSPS) is 17.8. The smallest absolute Gasteiger partial charge is 0.223 e. The largest absolute Gasteiger partial charge is 0.349 e. The molecule has 0 bridgehead atoms. The first-order valence-corrected chi connectivity index (χ1v) is 7.93. The number of amides is 1. The van der Waals surface area contributed by atoms with Crippen molar-refractivity contribution in [1.29, 1.82) is 0 Å². The molecule has 3 nitrogen and oxygen atoms in total. The van der Waals surface area contributed by atoms with E-state index in [1.807, 2.05) is 25.1 Å². The van der Waals surface area contributed by atoms with Crippen molar-refractivity contribution >= 4 is 18.3 Å². The highest BCUT2D eigenvalue weighted by atomic mass is 35.5. The van der Waals surface area contributed by atoms with Gasteiger partial charge in [-0.05, 0) is 36.4 Å². The maximum absolute atomic E-state index is 12.5. The monoisotopic (exact) mass is 324 g/mol. The Hall–Kier alpha value is -1.06. The van der Waals surface area contributed by atoms with Crippen LogP contribution in [0.1, 0.15) is 45.7 Å². The van der Waals surface area contributed by atoms with E-state index >= 15 is 0 Å². The fourth-order valence-corrected chi connectivity index (χ4v) is 2.73. The molecule has 0 radical (unpaired) electrons. The molecular formula is C18H29ClN2O. The number of carbonyl (C=O) groups excluding carboxylic acids is 1. The molecule has 22 heavy (non-hydrogen) atoms. The lowest BCUT2D eigenvalue weighted by atomic mass is 9.84. The van der Waals surface area contributed by atoms with Crippen LogP contribution in [0.4, 0.5) is 0 Å². The van der Waals surface area contributed by atoms with Gasteiger partial charge in [0.1, 0.15) is 0 Å². The van der Waals surface area contributed by atoms with Gasteiger partial charge >= 0.3 is 0 Å². The maximum atomic E-state index is 12.5. The van der Waals surface area contributed by atoms with E-state index in [0.29, 0.717) is 5.92 Å². The molecule has 1 fully saturated rings. The van der Waals surface area contributed by atoms with Crippen LogP contribution >= 0.6 is 12.4 Å². The highest BCUT2D eigenvalue weighted by Gasteiger charge is 2.30. The summed E-state index contributed by atoms with van der Waals surface area (Å²) >= 11 is 0. The van der Waals surface area contributed by atoms with Crippen molar-refractivity contribution in [1.82, 2.24) is 10.6 Å². The van der Waals surface area contributed by atoms with Gasteiger partial charge < -0.3 is 10.6 Å². The predicted octanol–water partition coefficient (Wildman–Crippen LogP) is 3.56. The number of nitrogens with one attached hydrogen (secondary N) is 2. The Bertz CT molecular complexity index is 466. The number of carbonyl (C=O) groups is 1. The molecule has 1 aliphatic rings. The van der Waals surface area contributed by atoms with E-state index in [-0.39, 0.29) is 35.7 Å². The predicted molar refractivity (Wildman–Crippen MR) is 94.2 cm³/mol. The quantitative estimate of drug-likeness (QED) is 0.869. The Morgan fingerprint density at radius 2 is 1.86 bits per heavy atom. The lowest BCUT2D eigenvalue weighted by Gasteiger charge is -2.34. The minimum Gasteiger partial charge on any atom is -0.349 e. The van der Waals surface area contributed by atoms with Crippen molar-refractivity contribution in [3.8, 4) is 0 Å². The lowest BCUT2D eigenvalue weighted by Crippen LogP contribution is -2.50. The highest BCUT2D eigenvalue weighted by molar-refractivity contribution is 5.85. The first-order valence-electron chi connectivity index (χ1n) is 7.93. The second-order valence-corrected chi connectivity index (χ2v) is 7.44. The van der Waals surface area contributed by atoms with Crippen LogP contribution in [0.5, 0.6) is 0 Å². The second-order valence-electron chi connectivity index (χ2n) is 7.44. The molecule has 2 N–H and O–H groups in total. The summed E-state index contributed by atoms with van der Waals surface area (Å²) in [5.41, 5.74) is 1.37. The second kappa shape index (κ2) is 7.98. The zero-order valence-corrected chi connectivity index (χ0v) is 14.9. The summed E-state index contributed by atoms with van der Waals surface area (Å²) < 4.78 is 0. The topological polar surface area (TPSA) is 41.1 Å². The van der Waals surface area contributed by atoms with E-state index < -0.39 is 0 Å². The summed E-state index contributed by atoms with van der Waals surface area (Å²) in [5, 5.41) is 6.51. The van der Waals surface area contributed by atoms with Gasteiger partial charge in [-0.1, -0.05) is 58.0 Å². The standard InChI is InChI=1S/C18H28N2O.ClH/c1-13(15-11-19-12-15)17(21)20-16(10-18(2,3)4)14-8-6-5-7-9-14;/h5-9,13,15-16,19H,10-12H2,1-4H3,(H,20,21);1H. The van der Waals surface area contributed by atoms with Gasteiger partial charge in [0.15, 0.2) is 0 Å². The molecule has 1 aromatic carbocycles. The fourth-order valence-electron chi connectivity index (χ4n) is 2.73. The maximum Gasteiger partial charge on any atom is 0.223 e. The van der Waals surface area contributed by atoms with Gasteiger partial charge in [0.2, 0.25) is 5.91 Å². The minimum atomic E-state index is 0. The summed E-state index contributed by atoms with van der Waals surface area (Å²) in [5.74, 6) is 0.744. The molecule has 0 spiro atoms. The zero-order chi connectivity index (χ0) is 15.5. The first-order chi connectivity index (χ1) is 9.87. The average Bonchev–Trinajstić information content (AvgIpc) is 2.35. The fraction of sp³-hybridized carbons (Fsp3) is 0.611. The Morgan fingerprint density at radius 3 is 2.32 bits per heavy atom. The van der Waals surface area contributed by atoms with Crippen LogP contribution in [0.15, 0.2) is 30.3 Å². The Morgan fingerprint density at radius 1 is 1.27 bits per heavy atom. The molecule has 0 aliphatic carbocycles. The van der Waals surface area contributed by atoms with Crippen LogP contribution in [-0.2, 0) is 4.79 Å². The van der Waals surface area contributed by atoms with E-state index in [2.05, 4.69) is 43.5 Å². The van der Waals surface area contributed by atoms with Gasteiger partial charge in [0, 0.05) is 5.92 Å². The molecule has 2 rings (SSSR count). The van der Waals surface area contributed by atoms with Crippen molar-refractivity contribution in [3.05, 3.63) is 35.9 Å². The number of hydrogen-bond donors (Lipinski definition) is 2. The highest BCUT2D eigenvalue weighted by Crippen LogP contribution is 2.30. The van der Waals surface area contributed by atoms with Crippen LogP contribution in [-0.4, -0.2) is 19.0 Å². The molecule has 2 unspecified atom stereocenters. The van der Waals surface area contributed by atoms with Crippen molar-refractivity contribution in [2.24, 2.45) is 17.3 Å². The third-order valence-corrected chi connectivity index (χ3v) is 4.27. The van der Waals surface area contributed by atoms with Gasteiger partial charge in [-0.3, -0.25) is 4.79 Å². The van der Waals surface area contributed by atoms with E-state index in [9.17, 15) is 4.79 Å². The number of benzene rings is 1. The lowest BCUT2D eigenvalue weighted by molar-refractivity contribution is -0.127. The SMILES string of the molecule is CC(C(=O)NC(CC(C)(C)C)c1ccccc1)C1CNC1.Cl. The molecule has 1 heterocycles.